The van der Waals surface area contributed by atoms with E-state index in [1.165, 1.54) is 17.5 Å². The predicted molar refractivity (Wildman–Crippen MR) is 71.5 cm³/mol. The third kappa shape index (κ3) is 2.45. The Labute approximate surface area is 109 Å². The molecule has 2 heteroatoms. The highest BCUT2D eigenvalue weighted by atomic mass is 16.5. The number of hydrogen-bond acceptors (Lipinski definition) is 2. The van der Waals surface area contributed by atoms with Gasteiger partial charge in [-0.15, -0.1) is 0 Å². The Balaban J connectivity index is 1.77. The van der Waals surface area contributed by atoms with Gasteiger partial charge in [-0.2, -0.15) is 0 Å². The molecule has 1 fully saturated rings. The van der Waals surface area contributed by atoms with Gasteiger partial charge in [-0.3, -0.25) is 0 Å². The van der Waals surface area contributed by atoms with Gasteiger partial charge in [-0.1, -0.05) is 43.5 Å². The fourth-order valence-electron chi connectivity index (χ4n) is 3.40. The van der Waals surface area contributed by atoms with Gasteiger partial charge < -0.3 is 9.84 Å². The summed E-state index contributed by atoms with van der Waals surface area (Å²) in [5, 5.41) is 10.7. The van der Waals surface area contributed by atoms with E-state index in [0.717, 1.165) is 45.1 Å². The molecule has 3 rings (SSSR count). The van der Waals surface area contributed by atoms with Crippen molar-refractivity contribution in [3.8, 4) is 0 Å². The molecule has 0 spiro atoms. The lowest BCUT2D eigenvalue weighted by molar-refractivity contribution is -0.0640. The fourth-order valence-corrected chi connectivity index (χ4v) is 3.40. The number of hydrogen-bond donors (Lipinski definition) is 1. The Kier molecular flexibility index (Phi) is 3.40. The zero-order valence-electron chi connectivity index (χ0n) is 10.9. The van der Waals surface area contributed by atoms with Crippen molar-refractivity contribution in [2.45, 2.75) is 56.7 Å². The maximum absolute atomic E-state index is 10.7. The maximum Gasteiger partial charge on any atom is 0.0855 e. The minimum Gasteiger partial charge on any atom is -0.390 e. The SMILES string of the molecule is OC1(CC2OCCc3ccccc32)CCCCC1. The quantitative estimate of drug-likeness (QED) is 0.866. The van der Waals surface area contributed by atoms with E-state index in [1.807, 2.05) is 0 Å². The molecular formula is C16H22O2. The highest BCUT2D eigenvalue weighted by Crippen LogP contribution is 2.39. The zero-order valence-corrected chi connectivity index (χ0v) is 10.9. The highest BCUT2D eigenvalue weighted by molar-refractivity contribution is 5.31. The van der Waals surface area contributed by atoms with Crippen LogP contribution in [0.5, 0.6) is 0 Å². The zero-order chi connectivity index (χ0) is 12.4. The van der Waals surface area contributed by atoms with Crippen LogP contribution in [0, 0.1) is 0 Å². The minimum atomic E-state index is -0.493. The molecule has 0 aromatic heterocycles. The molecule has 2 nitrogen and oxygen atoms in total. The lowest BCUT2D eigenvalue weighted by atomic mass is 9.79. The molecule has 0 amide bonds. The first kappa shape index (κ1) is 12.2. The molecule has 2 aliphatic rings. The molecule has 98 valence electrons. The van der Waals surface area contributed by atoms with Crippen molar-refractivity contribution in [2.75, 3.05) is 6.61 Å². The van der Waals surface area contributed by atoms with Gasteiger partial charge in [0.05, 0.1) is 18.3 Å². The van der Waals surface area contributed by atoms with Crippen LogP contribution in [0.3, 0.4) is 0 Å². The molecule has 1 aliphatic heterocycles. The van der Waals surface area contributed by atoms with Gasteiger partial charge in [-0.05, 0) is 30.4 Å². The molecule has 1 aromatic carbocycles. The molecule has 1 unspecified atom stereocenters. The summed E-state index contributed by atoms with van der Waals surface area (Å²) in [5.41, 5.74) is 2.20. The van der Waals surface area contributed by atoms with Crippen LogP contribution in [0.4, 0.5) is 0 Å². The van der Waals surface area contributed by atoms with Crippen molar-refractivity contribution in [3.05, 3.63) is 35.4 Å². The van der Waals surface area contributed by atoms with Crippen LogP contribution in [-0.4, -0.2) is 17.3 Å². The largest absolute Gasteiger partial charge is 0.390 e. The van der Waals surface area contributed by atoms with E-state index in [4.69, 9.17) is 4.74 Å². The monoisotopic (exact) mass is 246 g/mol. The first-order valence-electron chi connectivity index (χ1n) is 7.19. The van der Waals surface area contributed by atoms with E-state index < -0.39 is 5.60 Å². The van der Waals surface area contributed by atoms with E-state index in [2.05, 4.69) is 24.3 Å². The van der Waals surface area contributed by atoms with E-state index in [-0.39, 0.29) is 6.10 Å². The molecule has 1 atom stereocenters. The van der Waals surface area contributed by atoms with Crippen LogP contribution in [0.25, 0.3) is 0 Å². The Morgan fingerprint density at radius 1 is 1.17 bits per heavy atom. The molecule has 0 saturated heterocycles. The van der Waals surface area contributed by atoms with Gasteiger partial charge in [0.15, 0.2) is 0 Å². The van der Waals surface area contributed by atoms with E-state index in [0.29, 0.717) is 0 Å². The number of aliphatic hydroxyl groups is 1. The normalized spacial score (nSPS) is 26.6. The van der Waals surface area contributed by atoms with Crippen LogP contribution in [0.15, 0.2) is 24.3 Å². The van der Waals surface area contributed by atoms with Crippen molar-refractivity contribution in [3.63, 3.8) is 0 Å². The second-order valence-electron chi connectivity index (χ2n) is 5.80. The Morgan fingerprint density at radius 2 is 1.94 bits per heavy atom. The molecule has 0 radical (unpaired) electrons. The molecule has 18 heavy (non-hydrogen) atoms. The van der Waals surface area contributed by atoms with Crippen LogP contribution in [0.1, 0.15) is 55.8 Å². The van der Waals surface area contributed by atoms with Gasteiger partial charge in [0, 0.05) is 6.42 Å². The molecular weight excluding hydrogens is 224 g/mol. The van der Waals surface area contributed by atoms with Gasteiger partial charge in [0.25, 0.3) is 0 Å². The highest BCUT2D eigenvalue weighted by Gasteiger charge is 2.34. The number of ether oxygens (including phenoxy) is 1. The van der Waals surface area contributed by atoms with Crippen molar-refractivity contribution in [1.82, 2.24) is 0 Å². The summed E-state index contributed by atoms with van der Waals surface area (Å²) in [6.45, 7) is 0.789. The third-order valence-electron chi connectivity index (χ3n) is 4.44. The first-order valence-corrected chi connectivity index (χ1v) is 7.19. The van der Waals surface area contributed by atoms with Crippen LogP contribution >= 0.6 is 0 Å². The molecule has 1 heterocycles. The Hall–Kier alpha value is -0.860. The van der Waals surface area contributed by atoms with E-state index in [9.17, 15) is 5.11 Å². The van der Waals surface area contributed by atoms with Gasteiger partial charge in [0.2, 0.25) is 0 Å². The lowest BCUT2D eigenvalue weighted by Crippen LogP contribution is -2.35. The average Bonchev–Trinajstić information content (AvgIpc) is 2.40. The topological polar surface area (TPSA) is 29.5 Å². The number of benzene rings is 1. The van der Waals surface area contributed by atoms with Crippen molar-refractivity contribution < 1.29 is 9.84 Å². The third-order valence-corrected chi connectivity index (χ3v) is 4.44. The van der Waals surface area contributed by atoms with E-state index >= 15 is 0 Å². The Morgan fingerprint density at radius 3 is 2.78 bits per heavy atom. The van der Waals surface area contributed by atoms with Gasteiger partial charge in [0.1, 0.15) is 0 Å². The van der Waals surface area contributed by atoms with Crippen LogP contribution in [0.2, 0.25) is 0 Å². The number of fused-ring (bicyclic) bond motifs is 1. The smallest absolute Gasteiger partial charge is 0.0855 e. The van der Waals surface area contributed by atoms with Crippen LogP contribution < -0.4 is 0 Å². The van der Waals surface area contributed by atoms with Gasteiger partial charge >= 0.3 is 0 Å². The second kappa shape index (κ2) is 5.02. The Bertz CT molecular complexity index is 407. The summed E-state index contributed by atoms with van der Waals surface area (Å²) in [4.78, 5) is 0. The second-order valence-corrected chi connectivity index (χ2v) is 5.80. The summed E-state index contributed by atoms with van der Waals surface area (Å²) in [6.07, 6.45) is 7.33. The molecule has 1 aromatic rings. The molecule has 0 bridgehead atoms. The maximum atomic E-state index is 10.7. The first-order chi connectivity index (χ1) is 8.77. The molecule has 1 N–H and O–H groups in total. The van der Waals surface area contributed by atoms with E-state index in [1.54, 1.807) is 0 Å². The average molecular weight is 246 g/mol. The van der Waals surface area contributed by atoms with Crippen molar-refractivity contribution >= 4 is 0 Å². The van der Waals surface area contributed by atoms with Gasteiger partial charge in [-0.25, -0.2) is 0 Å². The van der Waals surface area contributed by atoms with Crippen molar-refractivity contribution in [1.29, 1.82) is 0 Å². The number of rotatable bonds is 2. The summed E-state index contributed by atoms with van der Waals surface area (Å²) in [5.74, 6) is 0. The molecule has 1 aliphatic carbocycles. The lowest BCUT2D eigenvalue weighted by Gasteiger charge is -2.37. The van der Waals surface area contributed by atoms with Crippen LogP contribution in [-0.2, 0) is 11.2 Å². The summed E-state index contributed by atoms with van der Waals surface area (Å²) < 4.78 is 5.91. The summed E-state index contributed by atoms with van der Waals surface area (Å²) in [6, 6.07) is 8.52. The fraction of sp³-hybridized carbons (Fsp3) is 0.625. The minimum absolute atomic E-state index is 0.0954. The summed E-state index contributed by atoms with van der Waals surface area (Å²) in [7, 11) is 0. The predicted octanol–water partition coefficient (Wildman–Crippen LogP) is 3.39. The van der Waals surface area contributed by atoms with Crippen molar-refractivity contribution in [2.24, 2.45) is 0 Å². The molecule has 1 saturated carbocycles. The standard InChI is InChI=1S/C16H22O2/c17-16(9-4-1-5-10-16)12-15-14-7-3-2-6-13(14)8-11-18-15/h2-3,6-7,15,17H,1,4-5,8-12H2. The summed E-state index contributed by atoms with van der Waals surface area (Å²) >= 11 is 0.